The molecule has 1 fully saturated rings. The molecule has 0 radical (unpaired) electrons. The van der Waals surface area contributed by atoms with Crippen LogP contribution in [-0.4, -0.2) is 40.0 Å². The number of sulfonamides is 1. The molecule has 130 valence electrons. The Bertz CT molecular complexity index is 654. The number of rotatable bonds is 5. The Labute approximate surface area is 147 Å². The fourth-order valence-corrected chi connectivity index (χ4v) is 5.40. The second-order valence-corrected chi connectivity index (χ2v) is 8.89. The number of nitrogens with zero attached hydrogens (tertiary/aromatic N) is 1. The van der Waals surface area contributed by atoms with Crippen molar-refractivity contribution in [3.8, 4) is 11.5 Å². The van der Waals surface area contributed by atoms with Gasteiger partial charge in [0.05, 0.1) is 14.2 Å². The van der Waals surface area contributed by atoms with E-state index in [0.29, 0.717) is 21.9 Å². The van der Waals surface area contributed by atoms with Gasteiger partial charge in [-0.3, -0.25) is 0 Å². The highest BCUT2D eigenvalue weighted by Crippen LogP contribution is 2.38. The fraction of sp³-hybridized carbons (Fsp3) is 0.625. The minimum atomic E-state index is -3.59. The number of benzene rings is 1. The van der Waals surface area contributed by atoms with Crippen LogP contribution in [-0.2, 0) is 10.0 Å². The Balaban J connectivity index is 2.35. The van der Waals surface area contributed by atoms with Crippen LogP contribution in [0.25, 0.3) is 0 Å². The molecule has 5 nitrogen and oxygen atoms in total. The van der Waals surface area contributed by atoms with E-state index in [9.17, 15) is 8.42 Å². The van der Waals surface area contributed by atoms with Crippen LogP contribution in [0.4, 0.5) is 0 Å². The lowest BCUT2D eigenvalue weighted by Gasteiger charge is -2.33. The van der Waals surface area contributed by atoms with E-state index < -0.39 is 10.0 Å². The number of hydrogen-bond donors (Lipinski definition) is 0. The smallest absolute Gasteiger partial charge is 0.244 e. The number of methoxy groups -OCH3 is 2. The van der Waals surface area contributed by atoms with E-state index >= 15 is 0 Å². The van der Waals surface area contributed by atoms with E-state index in [-0.39, 0.29) is 10.9 Å². The van der Waals surface area contributed by atoms with E-state index in [1.807, 2.05) is 0 Å². The van der Waals surface area contributed by atoms with Gasteiger partial charge in [0.25, 0.3) is 0 Å². The van der Waals surface area contributed by atoms with Crippen LogP contribution in [0.2, 0.25) is 0 Å². The van der Waals surface area contributed by atoms with Crippen LogP contribution in [0, 0.1) is 5.92 Å². The van der Waals surface area contributed by atoms with E-state index in [0.717, 1.165) is 25.7 Å². The van der Waals surface area contributed by atoms with Gasteiger partial charge in [-0.1, -0.05) is 6.92 Å². The molecule has 0 amide bonds. The summed E-state index contributed by atoms with van der Waals surface area (Å²) in [4.78, 5) is 0.205. The average molecular weight is 406 g/mol. The molecule has 1 aromatic rings. The van der Waals surface area contributed by atoms with E-state index in [4.69, 9.17) is 9.47 Å². The van der Waals surface area contributed by atoms with Crippen LogP contribution in [0.15, 0.2) is 21.5 Å². The van der Waals surface area contributed by atoms with Crippen molar-refractivity contribution in [2.75, 3.05) is 21.3 Å². The van der Waals surface area contributed by atoms with Gasteiger partial charge in [-0.15, -0.1) is 0 Å². The van der Waals surface area contributed by atoms with Gasteiger partial charge >= 0.3 is 0 Å². The van der Waals surface area contributed by atoms with Gasteiger partial charge in [0.1, 0.15) is 4.90 Å². The maximum Gasteiger partial charge on any atom is 0.244 e. The molecule has 0 atom stereocenters. The molecule has 1 aliphatic rings. The maximum absolute atomic E-state index is 13.0. The molecule has 7 heteroatoms. The first-order valence-electron chi connectivity index (χ1n) is 7.70. The van der Waals surface area contributed by atoms with Crippen molar-refractivity contribution < 1.29 is 17.9 Å². The summed E-state index contributed by atoms with van der Waals surface area (Å²) in [5.74, 6) is 1.57. The molecule has 0 saturated heterocycles. The lowest BCUT2D eigenvalue weighted by molar-refractivity contribution is 0.246. The molecule has 0 N–H and O–H groups in total. The summed E-state index contributed by atoms with van der Waals surface area (Å²) in [5.41, 5.74) is 0. The lowest BCUT2D eigenvalue weighted by Crippen LogP contribution is -2.39. The van der Waals surface area contributed by atoms with Crippen molar-refractivity contribution in [1.82, 2.24) is 4.31 Å². The van der Waals surface area contributed by atoms with Crippen LogP contribution >= 0.6 is 15.9 Å². The Morgan fingerprint density at radius 1 is 1.09 bits per heavy atom. The van der Waals surface area contributed by atoms with Crippen molar-refractivity contribution in [3.05, 3.63) is 16.6 Å². The van der Waals surface area contributed by atoms with Gasteiger partial charge in [0.2, 0.25) is 10.0 Å². The molecule has 0 spiro atoms. The first-order valence-corrected chi connectivity index (χ1v) is 9.94. The predicted molar refractivity (Wildman–Crippen MR) is 93.6 cm³/mol. The van der Waals surface area contributed by atoms with Gasteiger partial charge < -0.3 is 9.47 Å². The zero-order valence-corrected chi connectivity index (χ0v) is 16.4. The van der Waals surface area contributed by atoms with Crippen LogP contribution in [0.5, 0.6) is 11.5 Å². The van der Waals surface area contributed by atoms with E-state index in [1.54, 1.807) is 13.1 Å². The van der Waals surface area contributed by atoms with E-state index in [2.05, 4.69) is 22.9 Å². The number of ether oxygens (including phenoxy) is 2. The van der Waals surface area contributed by atoms with E-state index in [1.165, 1.54) is 24.6 Å². The largest absolute Gasteiger partial charge is 0.493 e. The molecular weight excluding hydrogens is 382 g/mol. The van der Waals surface area contributed by atoms with Crippen molar-refractivity contribution in [2.45, 2.75) is 43.5 Å². The van der Waals surface area contributed by atoms with Crippen molar-refractivity contribution in [1.29, 1.82) is 0 Å². The molecule has 0 heterocycles. The molecule has 1 aromatic carbocycles. The SMILES string of the molecule is COc1cc(Br)c(S(=O)(=O)N(C)C2CCC(C)CC2)cc1OC. The van der Waals surface area contributed by atoms with Crippen molar-refractivity contribution >= 4 is 26.0 Å². The highest BCUT2D eigenvalue weighted by atomic mass is 79.9. The third-order valence-corrected chi connectivity index (χ3v) is 7.46. The highest BCUT2D eigenvalue weighted by Gasteiger charge is 2.32. The normalized spacial score (nSPS) is 22.2. The molecule has 0 bridgehead atoms. The summed E-state index contributed by atoms with van der Waals surface area (Å²) >= 11 is 3.35. The summed E-state index contributed by atoms with van der Waals surface area (Å²) in [6, 6.07) is 3.19. The third kappa shape index (κ3) is 3.83. The van der Waals surface area contributed by atoms with Crippen molar-refractivity contribution in [3.63, 3.8) is 0 Å². The van der Waals surface area contributed by atoms with Crippen LogP contribution in [0.3, 0.4) is 0 Å². The highest BCUT2D eigenvalue weighted by molar-refractivity contribution is 9.10. The zero-order valence-electron chi connectivity index (χ0n) is 14.0. The molecule has 0 unspecified atom stereocenters. The minimum Gasteiger partial charge on any atom is -0.493 e. The summed E-state index contributed by atoms with van der Waals surface area (Å²) in [5, 5.41) is 0. The van der Waals surface area contributed by atoms with Crippen LogP contribution in [0.1, 0.15) is 32.6 Å². The Kier molecular flexibility index (Phi) is 5.97. The Morgan fingerprint density at radius 3 is 2.13 bits per heavy atom. The second kappa shape index (κ2) is 7.40. The molecule has 0 aromatic heterocycles. The minimum absolute atomic E-state index is 0.0520. The van der Waals surface area contributed by atoms with Gasteiger partial charge in [-0.05, 0) is 53.6 Å². The topological polar surface area (TPSA) is 55.8 Å². The number of halogens is 1. The molecule has 1 aliphatic carbocycles. The molecule has 1 saturated carbocycles. The maximum atomic E-state index is 13.0. The Hall–Kier alpha value is -0.790. The van der Waals surface area contributed by atoms with Crippen molar-refractivity contribution in [2.24, 2.45) is 5.92 Å². The van der Waals surface area contributed by atoms with Gasteiger partial charge in [0.15, 0.2) is 11.5 Å². The second-order valence-electron chi connectivity index (χ2n) is 6.07. The Morgan fingerprint density at radius 2 is 1.61 bits per heavy atom. The lowest BCUT2D eigenvalue weighted by atomic mass is 9.87. The third-order valence-electron chi connectivity index (χ3n) is 4.59. The molecule has 0 aliphatic heterocycles. The van der Waals surface area contributed by atoms with Crippen LogP contribution < -0.4 is 9.47 Å². The van der Waals surface area contributed by atoms with Gasteiger partial charge in [-0.25, -0.2) is 8.42 Å². The summed E-state index contributed by atoms with van der Waals surface area (Å²) < 4.78 is 38.4. The van der Waals surface area contributed by atoms with Gasteiger partial charge in [0, 0.05) is 23.6 Å². The molecular formula is C16H24BrNO4S. The van der Waals surface area contributed by atoms with Gasteiger partial charge in [-0.2, -0.15) is 4.31 Å². The standard InChI is InChI=1S/C16H24BrNO4S/c1-11-5-7-12(8-6-11)18(2)23(19,20)16-10-15(22-4)14(21-3)9-13(16)17/h9-12H,5-8H2,1-4H3. The summed E-state index contributed by atoms with van der Waals surface area (Å²) in [6.45, 7) is 2.22. The monoisotopic (exact) mass is 405 g/mol. The molecule has 23 heavy (non-hydrogen) atoms. The zero-order chi connectivity index (χ0) is 17.2. The summed E-state index contributed by atoms with van der Waals surface area (Å²) in [6.07, 6.45) is 3.94. The summed E-state index contributed by atoms with van der Waals surface area (Å²) in [7, 11) is 1.09. The molecule has 2 rings (SSSR count). The quantitative estimate of drug-likeness (QED) is 0.749. The first kappa shape index (κ1) is 18.5. The number of hydrogen-bond acceptors (Lipinski definition) is 4. The first-order chi connectivity index (χ1) is 10.8. The fourth-order valence-electron chi connectivity index (χ4n) is 2.99. The average Bonchev–Trinajstić information content (AvgIpc) is 2.54. The predicted octanol–water partition coefficient (Wildman–Crippen LogP) is 3.67.